The predicted molar refractivity (Wildman–Crippen MR) is 173 cm³/mol. The number of imide groups is 2. The van der Waals surface area contributed by atoms with E-state index in [0.29, 0.717) is 11.1 Å². The summed E-state index contributed by atoms with van der Waals surface area (Å²) in [6, 6.07) is 21.6. The van der Waals surface area contributed by atoms with E-state index in [0.717, 1.165) is 28.0 Å². The maximum Gasteiger partial charge on any atom is 0.343 e. The Bertz CT molecular complexity index is 1880. The standard InChI is InChI=1S/C34H26N4O9/c1-3-11-23-18-22(20-30(46-4-2)31(23)47-29-17-16-26(37(42)43)21-28(29)38(44)45)19-27-32(39)35(24-12-7-5-8-13-24)34(41)36(33(27)40)25-14-9-6-10-15-25/h3,5-10,12-21H,1,4,11H2,2H3. The molecule has 236 valence electrons. The van der Waals surface area contributed by atoms with Crippen LogP contribution < -0.4 is 19.3 Å². The van der Waals surface area contributed by atoms with E-state index in [-0.39, 0.29) is 47.2 Å². The molecule has 47 heavy (non-hydrogen) atoms. The fraction of sp³-hybridized carbons (Fsp3) is 0.0882. The molecule has 0 unspecified atom stereocenters. The number of rotatable bonds is 11. The summed E-state index contributed by atoms with van der Waals surface area (Å²) in [6.45, 7) is 5.61. The Balaban J connectivity index is 1.65. The van der Waals surface area contributed by atoms with Gasteiger partial charge in [-0.3, -0.25) is 29.8 Å². The van der Waals surface area contributed by atoms with Gasteiger partial charge >= 0.3 is 11.7 Å². The van der Waals surface area contributed by atoms with Crippen LogP contribution in [0.5, 0.6) is 17.2 Å². The van der Waals surface area contributed by atoms with Gasteiger partial charge in [-0.1, -0.05) is 42.5 Å². The second-order valence-electron chi connectivity index (χ2n) is 9.99. The topological polar surface area (TPSA) is 162 Å². The van der Waals surface area contributed by atoms with Gasteiger partial charge in [-0.2, -0.15) is 0 Å². The molecule has 0 aromatic heterocycles. The Hall–Kier alpha value is -6.63. The normalized spacial score (nSPS) is 13.0. The zero-order valence-corrected chi connectivity index (χ0v) is 24.9. The van der Waals surface area contributed by atoms with Gasteiger partial charge in [0.2, 0.25) is 5.75 Å². The summed E-state index contributed by atoms with van der Waals surface area (Å²) in [5.74, 6) is -1.78. The fourth-order valence-electron chi connectivity index (χ4n) is 4.92. The Morgan fingerprint density at radius 1 is 0.787 bits per heavy atom. The van der Waals surface area contributed by atoms with E-state index < -0.39 is 39.1 Å². The molecular weight excluding hydrogens is 608 g/mol. The van der Waals surface area contributed by atoms with Crippen molar-refractivity contribution >= 4 is 46.7 Å². The van der Waals surface area contributed by atoms with E-state index >= 15 is 0 Å². The summed E-state index contributed by atoms with van der Waals surface area (Å²) in [6.07, 6.45) is 3.04. The van der Waals surface area contributed by atoms with Crippen molar-refractivity contribution < 1.29 is 33.7 Å². The zero-order chi connectivity index (χ0) is 33.7. The van der Waals surface area contributed by atoms with E-state index in [2.05, 4.69) is 6.58 Å². The summed E-state index contributed by atoms with van der Waals surface area (Å²) in [5, 5.41) is 23.0. The first-order valence-corrected chi connectivity index (χ1v) is 14.2. The second kappa shape index (κ2) is 13.6. The van der Waals surface area contributed by atoms with Crippen LogP contribution in [0.2, 0.25) is 0 Å². The molecule has 0 bridgehead atoms. The summed E-state index contributed by atoms with van der Waals surface area (Å²) < 4.78 is 11.8. The molecule has 1 fully saturated rings. The molecule has 0 N–H and O–H groups in total. The number of benzene rings is 4. The van der Waals surface area contributed by atoms with Crippen molar-refractivity contribution in [3.05, 3.63) is 141 Å². The van der Waals surface area contributed by atoms with Crippen molar-refractivity contribution in [2.45, 2.75) is 13.3 Å². The van der Waals surface area contributed by atoms with E-state index in [1.165, 1.54) is 12.1 Å². The minimum Gasteiger partial charge on any atom is -0.490 e. The molecule has 1 aliphatic heterocycles. The number of carbonyl (C=O) groups excluding carboxylic acids is 3. The zero-order valence-electron chi connectivity index (χ0n) is 24.9. The average Bonchev–Trinajstić information content (AvgIpc) is 3.06. The van der Waals surface area contributed by atoms with Crippen molar-refractivity contribution in [3.8, 4) is 17.2 Å². The number of hydrogen-bond acceptors (Lipinski definition) is 9. The predicted octanol–water partition coefficient (Wildman–Crippen LogP) is 7.01. The highest BCUT2D eigenvalue weighted by Crippen LogP contribution is 2.42. The molecular formula is C34H26N4O9. The van der Waals surface area contributed by atoms with Gasteiger partial charge in [0, 0.05) is 11.6 Å². The Morgan fingerprint density at radius 3 is 1.89 bits per heavy atom. The van der Waals surface area contributed by atoms with E-state index in [1.54, 1.807) is 79.7 Å². The molecule has 0 atom stereocenters. The molecule has 4 aromatic rings. The maximum atomic E-state index is 13.8. The number of nitro benzene ring substituents is 2. The summed E-state index contributed by atoms with van der Waals surface area (Å²) in [7, 11) is 0. The van der Waals surface area contributed by atoms with Gasteiger partial charge in [-0.05, 0) is 67.4 Å². The summed E-state index contributed by atoms with van der Waals surface area (Å²) in [4.78, 5) is 64.6. The fourth-order valence-corrected chi connectivity index (χ4v) is 4.92. The SMILES string of the molecule is C=CCc1cc(C=C2C(=O)N(c3ccccc3)C(=O)N(c3ccccc3)C2=O)cc(OCC)c1Oc1ccc([N+](=O)[O-])cc1[N+](=O)[O-]. The average molecular weight is 635 g/mol. The molecule has 0 spiro atoms. The van der Waals surface area contributed by atoms with Gasteiger partial charge < -0.3 is 9.47 Å². The van der Waals surface area contributed by atoms with Gasteiger partial charge in [0.25, 0.3) is 17.5 Å². The molecule has 0 saturated carbocycles. The lowest BCUT2D eigenvalue weighted by Crippen LogP contribution is -2.57. The molecule has 4 amide bonds. The lowest BCUT2D eigenvalue weighted by molar-refractivity contribution is -0.394. The number of carbonyl (C=O) groups is 3. The highest BCUT2D eigenvalue weighted by molar-refractivity contribution is 6.46. The molecule has 0 radical (unpaired) electrons. The maximum absolute atomic E-state index is 13.8. The minimum absolute atomic E-state index is 0.0687. The van der Waals surface area contributed by atoms with Crippen LogP contribution in [0.1, 0.15) is 18.1 Å². The van der Waals surface area contributed by atoms with Gasteiger partial charge in [-0.15, -0.1) is 6.58 Å². The second-order valence-corrected chi connectivity index (χ2v) is 9.99. The molecule has 5 rings (SSSR count). The number of ether oxygens (including phenoxy) is 2. The molecule has 13 heteroatoms. The molecule has 1 aliphatic rings. The third-order valence-corrected chi connectivity index (χ3v) is 6.97. The van der Waals surface area contributed by atoms with Crippen LogP contribution in [-0.4, -0.2) is 34.3 Å². The molecule has 1 saturated heterocycles. The molecule has 0 aliphatic carbocycles. The van der Waals surface area contributed by atoms with Crippen LogP contribution in [0.25, 0.3) is 6.08 Å². The number of anilines is 2. The number of nitrogens with zero attached hydrogens (tertiary/aromatic N) is 4. The van der Waals surface area contributed by atoms with Gasteiger partial charge in [0.1, 0.15) is 5.57 Å². The highest BCUT2D eigenvalue weighted by atomic mass is 16.6. The highest BCUT2D eigenvalue weighted by Gasteiger charge is 2.43. The molecule has 1 heterocycles. The number of amides is 4. The van der Waals surface area contributed by atoms with Crippen LogP contribution in [-0.2, 0) is 16.0 Å². The van der Waals surface area contributed by atoms with Crippen LogP contribution in [0, 0.1) is 20.2 Å². The number of nitro groups is 2. The van der Waals surface area contributed by atoms with Crippen LogP contribution >= 0.6 is 0 Å². The van der Waals surface area contributed by atoms with Crippen molar-refractivity contribution in [1.82, 2.24) is 0 Å². The first-order valence-electron chi connectivity index (χ1n) is 14.2. The first-order chi connectivity index (χ1) is 22.6. The smallest absolute Gasteiger partial charge is 0.343 e. The molecule has 13 nitrogen and oxygen atoms in total. The lowest BCUT2D eigenvalue weighted by atomic mass is 10.0. The number of non-ortho nitro benzene ring substituents is 1. The van der Waals surface area contributed by atoms with E-state index in [9.17, 15) is 34.6 Å². The quantitative estimate of drug-likeness (QED) is 0.0555. The Kier molecular flexibility index (Phi) is 9.17. The van der Waals surface area contributed by atoms with Crippen LogP contribution in [0.3, 0.4) is 0 Å². The number of hydrogen-bond donors (Lipinski definition) is 0. The third-order valence-electron chi connectivity index (χ3n) is 6.97. The first kappa shape index (κ1) is 31.8. The number of urea groups is 1. The summed E-state index contributed by atoms with van der Waals surface area (Å²) in [5.41, 5.74) is -0.182. The van der Waals surface area contributed by atoms with E-state index in [4.69, 9.17) is 9.47 Å². The summed E-state index contributed by atoms with van der Waals surface area (Å²) >= 11 is 0. The lowest BCUT2D eigenvalue weighted by Gasteiger charge is -2.34. The minimum atomic E-state index is -0.844. The van der Waals surface area contributed by atoms with Crippen LogP contribution in [0.15, 0.2) is 109 Å². The van der Waals surface area contributed by atoms with Gasteiger partial charge in [0.05, 0.1) is 33.9 Å². The largest absolute Gasteiger partial charge is 0.490 e. The van der Waals surface area contributed by atoms with Crippen molar-refractivity contribution in [3.63, 3.8) is 0 Å². The van der Waals surface area contributed by atoms with Crippen molar-refractivity contribution in [1.29, 1.82) is 0 Å². The number of allylic oxidation sites excluding steroid dienone is 1. The molecule has 4 aromatic carbocycles. The number of barbiturate groups is 1. The van der Waals surface area contributed by atoms with Crippen LogP contribution in [0.4, 0.5) is 27.5 Å². The Labute approximate surface area is 267 Å². The van der Waals surface area contributed by atoms with Crippen molar-refractivity contribution in [2.75, 3.05) is 16.4 Å². The third kappa shape index (κ3) is 6.44. The van der Waals surface area contributed by atoms with Gasteiger partial charge in [0.15, 0.2) is 11.5 Å². The Morgan fingerprint density at radius 2 is 1.38 bits per heavy atom. The monoisotopic (exact) mass is 634 g/mol. The van der Waals surface area contributed by atoms with Gasteiger partial charge in [-0.25, -0.2) is 14.6 Å². The van der Waals surface area contributed by atoms with Crippen molar-refractivity contribution in [2.24, 2.45) is 0 Å². The van der Waals surface area contributed by atoms with E-state index in [1.807, 2.05) is 0 Å². The number of para-hydroxylation sites is 2.